The largest absolute Gasteiger partial charge is 0.313 e. The summed E-state index contributed by atoms with van der Waals surface area (Å²) in [7, 11) is 4.26. The Hall–Kier alpha value is -0.860. The molecule has 0 atom stereocenters. The van der Waals surface area contributed by atoms with E-state index >= 15 is 0 Å². The minimum atomic E-state index is 0.666. The second-order valence-corrected chi connectivity index (χ2v) is 4.98. The average molecular weight is 218 g/mol. The lowest BCUT2D eigenvalue weighted by Gasteiger charge is -2.13. The fraction of sp³-hybridized carbons (Fsp3) is 0.571. The third-order valence-electron chi connectivity index (χ3n) is 3.27. The molecule has 1 aliphatic rings. The molecule has 1 aromatic carbocycles. The molecule has 1 aromatic rings. The van der Waals surface area contributed by atoms with Crippen molar-refractivity contribution in [3.8, 4) is 0 Å². The molecule has 2 heteroatoms. The molecule has 0 saturated heterocycles. The number of hydrogen-bond acceptors (Lipinski definition) is 2. The fourth-order valence-electron chi connectivity index (χ4n) is 2.40. The summed E-state index contributed by atoms with van der Waals surface area (Å²) < 4.78 is 0. The Morgan fingerprint density at radius 1 is 1.19 bits per heavy atom. The quantitative estimate of drug-likeness (QED) is 0.757. The predicted octanol–water partition coefficient (Wildman–Crippen LogP) is 1.70. The minimum Gasteiger partial charge on any atom is -0.313 e. The van der Waals surface area contributed by atoms with E-state index in [9.17, 15) is 0 Å². The lowest BCUT2D eigenvalue weighted by molar-refractivity contribution is 0.386. The van der Waals surface area contributed by atoms with Gasteiger partial charge < -0.3 is 10.2 Å². The van der Waals surface area contributed by atoms with Gasteiger partial charge in [-0.1, -0.05) is 24.3 Å². The van der Waals surface area contributed by atoms with Crippen molar-refractivity contribution in [1.29, 1.82) is 0 Å². The molecule has 16 heavy (non-hydrogen) atoms. The molecule has 0 heterocycles. The number of benzene rings is 1. The van der Waals surface area contributed by atoms with E-state index in [0.717, 1.165) is 6.54 Å². The zero-order valence-corrected chi connectivity index (χ0v) is 10.4. The van der Waals surface area contributed by atoms with Crippen molar-refractivity contribution in [2.75, 3.05) is 27.2 Å². The molecule has 0 spiro atoms. The third-order valence-corrected chi connectivity index (χ3v) is 3.27. The average Bonchev–Trinajstić information content (AvgIpc) is 2.66. The van der Waals surface area contributed by atoms with Crippen molar-refractivity contribution in [1.82, 2.24) is 10.2 Å². The van der Waals surface area contributed by atoms with Crippen LogP contribution < -0.4 is 5.32 Å². The van der Waals surface area contributed by atoms with E-state index < -0.39 is 0 Å². The van der Waals surface area contributed by atoms with Crippen LogP contribution in [0.1, 0.15) is 17.5 Å². The fourth-order valence-corrected chi connectivity index (χ4v) is 2.40. The number of fused-ring (bicyclic) bond motifs is 1. The molecule has 0 amide bonds. The van der Waals surface area contributed by atoms with Crippen LogP contribution in [0.4, 0.5) is 0 Å². The van der Waals surface area contributed by atoms with Gasteiger partial charge in [0.25, 0.3) is 0 Å². The van der Waals surface area contributed by atoms with Gasteiger partial charge in [0.2, 0.25) is 0 Å². The molecule has 0 bridgehead atoms. The molecule has 0 unspecified atom stereocenters. The zero-order valence-electron chi connectivity index (χ0n) is 10.4. The van der Waals surface area contributed by atoms with Crippen LogP contribution in [-0.2, 0) is 12.8 Å². The van der Waals surface area contributed by atoms with Crippen molar-refractivity contribution in [2.45, 2.75) is 25.3 Å². The molecule has 2 nitrogen and oxygen atoms in total. The summed E-state index contributed by atoms with van der Waals surface area (Å²) in [6, 6.07) is 9.48. The van der Waals surface area contributed by atoms with Gasteiger partial charge in [-0.05, 0) is 57.6 Å². The number of nitrogens with zero attached hydrogens (tertiary/aromatic N) is 1. The highest BCUT2D eigenvalue weighted by atomic mass is 15.1. The molecular weight excluding hydrogens is 196 g/mol. The molecule has 0 aromatic heterocycles. The van der Waals surface area contributed by atoms with E-state index in [1.54, 1.807) is 0 Å². The van der Waals surface area contributed by atoms with Crippen LogP contribution in [0.3, 0.4) is 0 Å². The molecule has 1 aliphatic carbocycles. The SMILES string of the molecule is CN(C)CCCNC1Cc2ccccc2C1. The number of rotatable bonds is 5. The monoisotopic (exact) mass is 218 g/mol. The van der Waals surface area contributed by atoms with Crippen molar-refractivity contribution in [2.24, 2.45) is 0 Å². The first-order valence-electron chi connectivity index (χ1n) is 6.20. The first-order valence-corrected chi connectivity index (χ1v) is 6.20. The topological polar surface area (TPSA) is 15.3 Å². The number of nitrogens with one attached hydrogen (secondary N) is 1. The van der Waals surface area contributed by atoms with Crippen LogP contribution in [0.5, 0.6) is 0 Å². The summed E-state index contributed by atoms with van der Waals surface area (Å²) in [4.78, 5) is 2.24. The highest BCUT2D eigenvalue weighted by Gasteiger charge is 2.19. The highest BCUT2D eigenvalue weighted by molar-refractivity contribution is 5.33. The first-order chi connectivity index (χ1) is 7.75. The Morgan fingerprint density at radius 3 is 2.38 bits per heavy atom. The van der Waals surface area contributed by atoms with Gasteiger partial charge in [0, 0.05) is 6.04 Å². The van der Waals surface area contributed by atoms with Gasteiger partial charge in [0.15, 0.2) is 0 Å². The summed E-state index contributed by atoms with van der Waals surface area (Å²) in [5.74, 6) is 0. The minimum absolute atomic E-state index is 0.666. The van der Waals surface area contributed by atoms with E-state index in [2.05, 4.69) is 48.6 Å². The molecule has 0 aliphatic heterocycles. The summed E-state index contributed by atoms with van der Waals surface area (Å²) in [5, 5.41) is 3.66. The maximum absolute atomic E-state index is 3.66. The van der Waals surface area contributed by atoms with Crippen LogP contribution in [-0.4, -0.2) is 38.1 Å². The van der Waals surface area contributed by atoms with Crippen LogP contribution >= 0.6 is 0 Å². The summed E-state index contributed by atoms with van der Waals surface area (Å²) >= 11 is 0. The van der Waals surface area contributed by atoms with E-state index in [1.165, 1.54) is 36.9 Å². The van der Waals surface area contributed by atoms with Crippen molar-refractivity contribution in [3.05, 3.63) is 35.4 Å². The van der Waals surface area contributed by atoms with Crippen molar-refractivity contribution >= 4 is 0 Å². The Labute approximate surface area is 98.7 Å². The van der Waals surface area contributed by atoms with E-state index in [1.807, 2.05) is 0 Å². The summed E-state index contributed by atoms with van der Waals surface area (Å²) in [6.45, 7) is 2.31. The lowest BCUT2D eigenvalue weighted by Crippen LogP contribution is -2.31. The first kappa shape index (κ1) is 11.6. The van der Waals surface area contributed by atoms with E-state index in [0.29, 0.717) is 6.04 Å². The van der Waals surface area contributed by atoms with Gasteiger partial charge in [-0.2, -0.15) is 0 Å². The Kier molecular flexibility index (Phi) is 3.97. The normalized spacial score (nSPS) is 15.7. The van der Waals surface area contributed by atoms with E-state index in [-0.39, 0.29) is 0 Å². The van der Waals surface area contributed by atoms with Crippen LogP contribution in [0.25, 0.3) is 0 Å². The molecule has 0 fully saturated rings. The second-order valence-electron chi connectivity index (χ2n) is 4.98. The maximum Gasteiger partial charge on any atom is 0.0148 e. The number of hydrogen-bond donors (Lipinski definition) is 1. The standard InChI is InChI=1S/C14H22N2/c1-16(2)9-5-8-15-14-10-12-6-3-4-7-13(12)11-14/h3-4,6-7,14-15H,5,8-11H2,1-2H3. The van der Waals surface area contributed by atoms with Gasteiger partial charge in [-0.15, -0.1) is 0 Å². The molecule has 0 saturated carbocycles. The predicted molar refractivity (Wildman–Crippen MR) is 68.8 cm³/mol. The van der Waals surface area contributed by atoms with Crippen LogP contribution in [0.2, 0.25) is 0 Å². The van der Waals surface area contributed by atoms with Crippen molar-refractivity contribution in [3.63, 3.8) is 0 Å². The Balaban J connectivity index is 1.71. The molecule has 1 N–H and O–H groups in total. The smallest absolute Gasteiger partial charge is 0.0148 e. The van der Waals surface area contributed by atoms with Crippen LogP contribution in [0, 0.1) is 0 Å². The van der Waals surface area contributed by atoms with Gasteiger partial charge in [-0.3, -0.25) is 0 Å². The maximum atomic E-state index is 3.66. The van der Waals surface area contributed by atoms with Gasteiger partial charge in [0.1, 0.15) is 0 Å². The van der Waals surface area contributed by atoms with Gasteiger partial charge in [-0.25, -0.2) is 0 Å². The zero-order chi connectivity index (χ0) is 11.4. The summed E-state index contributed by atoms with van der Waals surface area (Å²) in [6.07, 6.45) is 3.65. The highest BCUT2D eigenvalue weighted by Crippen LogP contribution is 2.21. The van der Waals surface area contributed by atoms with Gasteiger partial charge >= 0.3 is 0 Å². The van der Waals surface area contributed by atoms with Crippen molar-refractivity contribution < 1.29 is 0 Å². The Morgan fingerprint density at radius 2 is 1.81 bits per heavy atom. The van der Waals surface area contributed by atoms with E-state index in [4.69, 9.17) is 0 Å². The second kappa shape index (κ2) is 5.46. The summed E-state index contributed by atoms with van der Waals surface area (Å²) in [5.41, 5.74) is 3.07. The third kappa shape index (κ3) is 3.06. The molecule has 88 valence electrons. The Bertz CT molecular complexity index is 308. The molecule has 0 radical (unpaired) electrons. The van der Waals surface area contributed by atoms with Gasteiger partial charge in [0.05, 0.1) is 0 Å². The lowest BCUT2D eigenvalue weighted by atomic mass is 10.1. The molecular formula is C14H22N2. The van der Waals surface area contributed by atoms with Crippen LogP contribution in [0.15, 0.2) is 24.3 Å². The molecule has 2 rings (SSSR count).